The molecule has 0 aromatic carbocycles. The summed E-state index contributed by atoms with van der Waals surface area (Å²) in [5, 5.41) is 14.4. The second-order valence-corrected chi connectivity index (χ2v) is 10.8. The Labute approximate surface area is 210 Å². The van der Waals surface area contributed by atoms with E-state index in [4.69, 9.17) is 10.5 Å². The predicted molar refractivity (Wildman–Crippen MR) is 136 cm³/mol. The van der Waals surface area contributed by atoms with E-state index in [2.05, 4.69) is 34.7 Å². The Bertz CT molecular complexity index is 1240. The lowest BCUT2D eigenvalue weighted by molar-refractivity contribution is -0.113. The van der Waals surface area contributed by atoms with E-state index in [1.807, 2.05) is 18.4 Å². The molecular formula is C22H27N5O4S3. The molecule has 3 heterocycles. The number of carbonyl (C=O) groups excluding carboxylic acids is 3. The maximum Gasteiger partial charge on any atom is 0.341 e. The molecule has 3 N–H and O–H groups in total. The molecule has 0 atom stereocenters. The molecule has 182 valence electrons. The molecule has 34 heavy (non-hydrogen) atoms. The van der Waals surface area contributed by atoms with Gasteiger partial charge in [-0.1, -0.05) is 18.7 Å². The molecule has 3 aromatic rings. The zero-order valence-electron chi connectivity index (χ0n) is 19.8. The van der Waals surface area contributed by atoms with Crippen molar-refractivity contribution in [3.05, 3.63) is 31.8 Å². The van der Waals surface area contributed by atoms with E-state index >= 15 is 0 Å². The summed E-state index contributed by atoms with van der Waals surface area (Å²) in [4.78, 5) is 38.1. The summed E-state index contributed by atoms with van der Waals surface area (Å²) in [6.07, 6.45) is 0.899. The maximum absolute atomic E-state index is 12.8. The number of hydrogen-bond acceptors (Lipinski definition) is 9. The number of methoxy groups -OCH3 is 1. The molecule has 0 unspecified atom stereocenters. The number of thioether (sulfide) groups is 1. The van der Waals surface area contributed by atoms with Crippen molar-refractivity contribution in [3.63, 3.8) is 0 Å². The van der Waals surface area contributed by atoms with Crippen LogP contribution in [0.15, 0.2) is 10.5 Å². The Hall–Kier alpha value is -2.70. The first-order valence-electron chi connectivity index (χ1n) is 10.6. The number of rotatable bonds is 9. The topological polar surface area (TPSA) is 129 Å². The second kappa shape index (κ2) is 10.7. The first-order valence-corrected chi connectivity index (χ1v) is 13.2. The molecule has 0 saturated carbocycles. The van der Waals surface area contributed by atoms with Gasteiger partial charge in [-0.05, 0) is 45.2 Å². The number of hydrogen-bond donors (Lipinski definition) is 2. The van der Waals surface area contributed by atoms with E-state index in [-0.39, 0.29) is 33.1 Å². The van der Waals surface area contributed by atoms with Gasteiger partial charge in [-0.2, -0.15) is 0 Å². The molecule has 0 radical (unpaired) electrons. The largest absolute Gasteiger partial charge is 0.465 e. The normalized spacial score (nSPS) is 11.1. The number of primary amides is 1. The minimum absolute atomic E-state index is 0.0393. The highest BCUT2D eigenvalue weighted by atomic mass is 32.2. The summed E-state index contributed by atoms with van der Waals surface area (Å²) in [6.45, 7) is 9.90. The Balaban J connectivity index is 1.82. The fraction of sp³-hybridized carbons (Fsp3) is 0.409. The van der Waals surface area contributed by atoms with Crippen molar-refractivity contribution in [2.24, 2.45) is 5.73 Å². The molecule has 0 saturated heterocycles. The van der Waals surface area contributed by atoms with Gasteiger partial charge < -0.3 is 15.8 Å². The van der Waals surface area contributed by atoms with E-state index in [0.717, 1.165) is 29.1 Å². The van der Waals surface area contributed by atoms with Crippen molar-refractivity contribution >= 4 is 57.2 Å². The molecule has 0 aliphatic heterocycles. The number of amides is 2. The molecule has 3 aromatic heterocycles. The van der Waals surface area contributed by atoms with Crippen LogP contribution in [0.3, 0.4) is 0 Å². The minimum Gasteiger partial charge on any atom is -0.465 e. The van der Waals surface area contributed by atoms with Gasteiger partial charge in [0.25, 0.3) is 5.91 Å². The Kier molecular flexibility index (Phi) is 8.16. The Morgan fingerprint density at radius 3 is 2.56 bits per heavy atom. The van der Waals surface area contributed by atoms with Gasteiger partial charge in [-0.15, -0.1) is 32.9 Å². The van der Waals surface area contributed by atoms with Crippen LogP contribution in [0.2, 0.25) is 0 Å². The number of carbonyl (C=O) groups is 3. The van der Waals surface area contributed by atoms with Crippen LogP contribution < -0.4 is 11.1 Å². The van der Waals surface area contributed by atoms with Crippen LogP contribution >= 0.6 is 34.4 Å². The molecule has 0 aliphatic carbocycles. The molecule has 2 amide bonds. The van der Waals surface area contributed by atoms with Gasteiger partial charge in [0.05, 0.1) is 23.3 Å². The van der Waals surface area contributed by atoms with Gasteiger partial charge in [-0.25, -0.2) is 4.79 Å². The van der Waals surface area contributed by atoms with Crippen LogP contribution in [0.5, 0.6) is 0 Å². The molecule has 12 heteroatoms. The highest BCUT2D eigenvalue weighted by Gasteiger charge is 2.26. The number of nitrogens with two attached hydrogens (primary N) is 1. The maximum atomic E-state index is 12.8. The van der Waals surface area contributed by atoms with Gasteiger partial charge in [-0.3, -0.25) is 14.2 Å². The van der Waals surface area contributed by atoms with Crippen molar-refractivity contribution in [3.8, 4) is 11.4 Å². The minimum atomic E-state index is -0.671. The van der Waals surface area contributed by atoms with Crippen molar-refractivity contribution in [1.29, 1.82) is 0 Å². The molecule has 0 aliphatic rings. The van der Waals surface area contributed by atoms with Crippen LogP contribution in [0.4, 0.5) is 5.00 Å². The zero-order chi connectivity index (χ0) is 25.2. The number of aryl methyl sites for hydroxylation is 1. The fourth-order valence-electron chi connectivity index (χ4n) is 3.61. The monoisotopic (exact) mass is 521 g/mol. The van der Waals surface area contributed by atoms with Gasteiger partial charge in [0.1, 0.15) is 5.00 Å². The molecule has 0 fully saturated rings. The van der Waals surface area contributed by atoms with Crippen LogP contribution in [0.1, 0.15) is 62.8 Å². The van der Waals surface area contributed by atoms with Gasteiger partial charge in [0, 0.05) is 21.9 Å². The van der Waals surface area contributed by atoms with E-state index in [0.29, 0.717) is 10.7 Å². The summed E-state index contributed by atoms with van der Waals surface area (Å²) < 4.78 is 6.83. The van der Waals surface area contributed by atoms with E-state index in [1.54, 1.807) is 18.3 Å². The van der Waals surface area contributed by atoms with Gasteiger partial charge in [0.2, 0.25) is 5.91 Å². The average molecular weight is 522 g/mol. The average Bonchev–Trinajstić information content (AvgIpc) is 3.46. The van der Waals surface area contributed by atoms with E-state index in [9.17, 15) is 14.4 Å². The molecule has 3 rings (SSSR count). The Morgan fingerprint density at radius 2 is 1.97 bits per heavy atom. The van der Waals surface area contributed by atoms with Gasteiger partial charge in [0.15, 0.2) is 11.0 Å². The summed E-state index contributed by atoms with van der Waals surface area (Å²) in [6, 6.07) is 0.0875. The Morgan fingerprint density at radius 1 is 1.26 bits per heavy atom. The third-order valence-electron chi connectivity index (χ3n) is 5.22. The van der Waals surface area contributed by atoms with E-state index in [1.165, 1.54) is 29.3 Å². The number of thiophene rings is 2. The zero-order valence-corrected chi connectivity index (χ0v) is 22.3. The number of ether oxygens (including phenoxy) is 1. The first kappa shape index (κ1) is 25.9. The number of aromatic nitrogens is 3. The van der Waals surface area contributed by atoms with Crippen molar-refractivity contribution in [1.82, 2.24) is 14.8 Å². The summed E-state index contributed by atoms with van der Waals surface area (Å²) in [7, 11) is 1.24. The fourth-order valence-corrected chi connectivity index (χ4v) is 6.48. The number of anilines is 1. The lowest BCUT2D eigenvalue weighted by Crippen LogP contribution is -2.16. The van der Waals surface area contributed by atoms with Crippen molar-refractivity contribution in [2.45, 2.75) is 52.2 Å². The second-order valence-electron chi connectivity index (χ2n) is 7.76. The summed E-state index contributed by atoms with van der Waals surface area (Å²) >= 11 is 3.90. The number of nitrogens with one attached hydrogen (secondary N) is 1. The first-order chi connectivity index (χ1) is 16.1. The molecule has 0 bridgehead atoms. The van der Waals surface area contributed by atoms with Crippen LogP contribution in [0, 0.1) is 13.8 Å². The highest BCUT2D eigenvalue weighted by Crippen LogP contribution is 2.35. The lowest BCUT2D eigenvalue weighted by atomic mass is 10.1. The lowest BCUT2D eigenvalue weighted by Gasteiger charge is -2.14. The van der Waals surface area contributed by atoms with Crippen molar-refractivity contribution < 1.29 is 19.1 Å². The molecular weight excluding hydrogens is 494 g/mol. The number of esters is 1. The third-order valence-corrected chi connectivity index (χ3v) is 8.34. The predicted octanol–water partition coefficient (Wildman–Crippen LogP) is 4.44. The summed E-state index contributed by atoms with van der Waals surface area (Å²) in [5.74, 6) is -0.848. The van der Waals surface area contributed by atoms with Crippen LogP contribution in [0.25, 0.3) is 11.4 Å². The number of nitrogens with zero attached hydrogens (tertiary/aromatic N) is 3. The van der Waals surface area contributed by atoms with Crippen molar-refractivity contribution in [2.75, 3.05) is 18.2 Å². The molecule has 9 nitrogen and oxygen atoms in total. The molecule has 0 spiro atoms. The summed E-state index contributed by atoms with van der Waals surface area (Å²) in [5.41, 5.74) is 8.24. The third kappa shape index (κ3) is 5.03. The quantitative estimate of drug-likeness (QED) is 0.314. The SMILES string of the molecule is CCc1c(-c2nnc(SCC(=O)Nc3sc(C(N)=O)c(C)c3C(=O)OC)n2C(C)C)csc1C. The standard InChI is InChI=1S/C22H27N5O4S3/c1-7-13-12(5)32-8-14(13)19-25-26-22(27(19)10(2)3)33-9-15(28)24-20-16(21(30)31-6)11(4)17(34-20)18(23)29/h8,10H,7,9H2,1-6H3,(H2,23,29)(H,24,28). The van der Waals surface area contributed by atoms with Crippen LogP contribution in [-0.4, -0.2) is 45.4 Å². The van der Waals surface area contributed by atoms with Crippen LogP contribution in [-0.2, 0) is 16.0 Å². The van der Waals surface area contributed by atoms with Gasteiger partial charge >= 0.3 is 5.97 Å². The highest BCUT2D eigenvalue weighted by molar-refractivity contribution is 7.99. The van der Waals surface area contributed by atoms with E-state index < -0.39 is 11.9 Å². The smallest absolute Gasteiger partial charge is 0.341 e.